The molecule has 0 N–H and O–H groups in total. The third kappa shape index (κ3) is 15.9. The molecule has 0 saturated heterocycles. The Hall–Kier alpha value is -0.440. The molecule has 0 aliphatic heterocycles. The molecule has 0 spiro atoms. The lowest BCUT2D eigenvalue weighted by molar-refractivity contribution is 0.427. The van der Waals surface area contributed by atoms with E-state index in [4.69, 9.17) is 0 Å². The summed E-state index contributed by atoms with van der Waals surface area (Å²) in [5.41, 5.74) is 0. The van der Waals surface area contributed by atoms with Crippen molar-refractivity contribution >= 4 is 0 Å². The van der Waals surface area contributed by atoms with Crippen molar-refractivity contribution in [1.29, 1.82) is 0 Å². The van der Waals surface area contributed by atoms with Gasteiger partial charge in [-0.15, -0.1) is 11.8 Å². The fourth-order valence-electron chi connectivity index (χ4n) is 2.95. The van der Waals surface area contributed by atoms with Crippen LogP contribution in [0.25, 0.3) is 0 Å². The molecule has 1 unspecified atom stereocenters. The summed E-state index contributed by atoms with van der Waals surface area (Å²) in [4.78, 5) is 0. The van der Waals surface area contributed by atoms with E-state index in [9.17, 15) is 0 Å². The van der Waals surface area contributed by atoms with Crippen molar-refractivity contribution < 1.29 is 0 Å². The average molecular weight is 305 g/mol. The van der Waals surface area contributed by atoms with Crippen LogP contribution in [0, 0.1) is 31.6 Å². The fraction of sp³-hybridized carbons (Fsp3) is 0.818. The van der Waals surface area contributed by atoms with E-state index in [1.807, 2.05) is 0 Å². The summed E-state index contributed by atoms with van der Waals surface area (Å²) in [6.07, 6.45) is 20.6. The Morgan fingerprint density at radius 1 is 0.682 bits per heavy atom. The molecule has 1 atom stereocenters. The summed E-state index contributed by atoms with van der Waals surface area (Å²) >= 11 is 0. The van der Waals surface area contributed by atoms with Crippen LogP contribution < -0.4 is 0 Å². The third-order valence-corrected chi connectivity index (χ3v) is 4.38. The first-order valence-electron chi connectivity index (χ1n) is 9.89. The maximum atomic E-state index is 3.90. The van der Waals surface area contributed by atoms with Crippen molar-refractivity contribution in [3.8, 4) is 11.8 Å². The highest BCUT2D eigenvalue weighted by Crippen LogP contribution is 2.19. The number of unbranched alkanes of at least 4 members (excludes halogenated alkanes) is 10. The molecule has 22 heavy (non-hydrogen) atoms. The minimum atomic E-state index is 0.844. The lowest BCUT2D eigenvalue weighted by Crippen LogP contribution is -1.99. The Kier molecular flexibility index (Phi) is 18.2. The maximum absolute atomic E-state index is 3.90. The van der Waals surface area contributed by atoms with Crippen LogP contribution in [0.4, 0.5) is 0 Å². The monoisotopic (exact) mass is 304 g/mol. The first-order valence-corrected chi connectivity index (χ1v) is 9.89. The molecule has 0 fully saturated rings. The zero-order chi connectivity index (χ0) is 16.3. The first-order chi connectivity index (χ1) is 10.8. The summed E-state index contributed by atoms with van der Waals surface area (Å²) in [5, 5.41) is 0. The highest BCUT2D eigenvalue weighted by molar-refractivity contribution is 4.99. The Balaban J connectivity index is 3.58. The number of rotatable bonds is 15. The number of hydrogen-bond acceptors (Lipinski definition) is 0. The van der Waals surface area contributed by atoms with E-state index < -0.39 is 0 Å². The van der Waals surface area contributed by atoms with Gasteiger partial charge in [-0.1, -0.05) is 91.4 Å². The second kappa shape index (κ2) is 18.6. The molecule has 0 rings (SSSR count). The Bertz CT molecular complexity index is 255. The van der Waals surface area contributed by atoms with E-state index in [1.165, 1.54) is 77.0 Å². The van der Waals surface area contributed by atoms with Crippen molar-refractivity contribution in [3.05, 3.63) is 13.8 Å². The van der Waals surface area contributed by atoms with Crippen LogP contribution in [0.2, 0.25) is 0 Å². The second-order valence-corrected chi connectivity index (χ2v) is 6.64. The van der Waals surface area contributed by atoms with E-state index in [0.717, 1.165) is 31.6 Å². The number of hydrogen-bond donors (Lipinski definition) is 0. The zero-order valence-corrected chi connectivity index (χ0v) is 15.3. The summed E-state index contributed by atoms with van der Waals surface area (Å²) in [5.74, 6) is 7.63. The van der Waals surface area contributed by atoms with Gasteiger partial charge in [0.15, 0.2) is 0 Å². The molecular formula is C22H40. The van der Waals surface area contributed by atoms with Crippen molar-refractivity contribution in [2.24, 2.45) is 5.92 Å². The van der Waals surface area contributed by atoms with Gasteiger partial charge in [0.1, 0.15) is 0 Å². The Labute approximate surface area is 141 Å². The smallest absolute Gasteiger partial charge is 0.0117 e. The van der Waals surface area contributed by atoms with E-state index in [0.29, 0.717) is 0 Å². The van der Waals surface area contributed by atoms with Crippen LogP contribution in [-0.4, -0.2) is 0 Å². The fourth-order valence-corrected chi connectivity index (χ4v) is 2.95. The van der Waals surface area contributed by atoms with Gasteiger partial charge in [-0.2, -0.15) is 0 Å². The average Bonchev–Trinajstić information content (AvgIpc) is 2.53. The quantitative estimate of drug-likeness (QED) is 0.216. The van der Waals surface area contributed by atoms with Gasteiger partial charge in [0.25, 0.3) is 0 Å². The van der Waals surface area contributed by atoms with E-state index in [1.54, 1.807) is 0 Å². The molecular weight excluding hydrogens is 264 g/mol. The van der Waals surface area contributed by atoms with Gasteiger partial charge in [-0.25, -0.2) is 0 Å². The first kappa shape index (κ1) is 21.6. The van der Waals surface area contributed by atoms with Crippen LogP contribution in [-0.2, 0) is 0 Å². The van der Waals surface area contributed by atoms with Crippen LogP contribution in [0.1, 0.15) is 110 Å². The van der Waals surface area contributed by atoms with Crippen molar-refractivity contribution in [2.45, 2.75) is 110 Å². The highest BCUT2D eigenvalue weighted by Gasteiger charge is 2.05. The zero-order valence-electron chi connectivity index (χ0n) is 15.3. The largest absolute Gasteiger partial charge is 0.103 e. The van der Waals surface area contributed by atoms with Gasteiger partial charge >= 0.3 is 0 Å². The predicted octanol–water partition coefficient (Wildman–Crippen LogP) is 7.54. The molecule has 0 aromatic carbocycles. The SMILES string of the molecule is [CH2]CCCCC#CCC(CCC)CCCCCCCCC[CH2]. The second-order valence-electron chi connectivity index (χ2n) is 6.64. The Morgan fingerprint density at radius 2 is 1.27 bits per heavy atom. The normalized spacial score (nSPS) is 12.0. The molecule has 0 nitrogen and oxygen atoms in total. The molecule has 2 radical (unpaired) electrons. The van der Waals surface area contributed by atoms with Crippen LogP contribution >= 0.6 is 0 Å². The van der Waals surface area contributed by atoms with Gasteiger partial charge in [-0.3, -0.25) is 0 Å². The highest BCUT2D eigenvalue weighted by atomic mass is 14.1. The summed E-state index contributed by atoms with van der Waals surface area (Å²) < 4.78 is 0. The molecule has 128 valence electrons. The van der Waals surface area contributed by atoms with Gasteiger partial charge in [0, 0.05) is 12.8 Å². The summed E-state index contributed by atoms with van der Waals surface area (Å²) in [7, 11) is 0. The molecule has 0 heterocycles. The van der Waals surface area contributed by atoms with Crippen molar-refractivity contribution in [1.82, 2.24) is 0 Å². The maximum Gasteiger partial charge on any atom is 0.0117 e. The van der Waals surface area contributed by atoms with Gasteiger partial charge in [-0.05, 0) is 25.2 Å². The summed E-state index contributed by atoms with van der Waals surface area (Å²) in [6, 6.07) is 0. The minimum Gasteiger partial charge on any atom is -0.103 e. The minimum absolute atomic E-state index is 0.844. The van der Waals surface area contributed by atoms with Crippen LogP contribution in [0.15, 0.2) is 0 Å². The van der Waals surface area contributed by atoms with E-state index >= 15 is 0 Å². The lowest BCUT2D eigenvalue weighted by atomic mass is 9.93. The molecule has 0 amide bonds. The van der Waals surface area contributed by atoms with E-state index in [-0.39, 0.29) is 0 Å². The van der Waals surface area contributed by atoms with Gasteiger partial charge < -0.3 is 0 Å². The van der Waals surface area contributed by atoms with Gasteiger partial charge in [0.2, 0.25) is 0 Å². The Morgan fingerprint density at radius 3 is 1.91 bits per heavy atom. The topological polar surface area (TPSA) is 0 Å². The predicted molar refractivity (Wildman–Crippen MR) is 102 cm³/mol. The molecule has 0 heteroatoms. The third-order valence-electron chi connectivity index (χ3n) is 4.38. The van der Waals surface area contributed by atoms with E-state index in [2.05, 4.69) is 32.6 Å². The molecule has 0 saturated carbocycles. The standard InChI is InChI=1S/C22H40/c1-4-7-9-11-13-14-16-18-21-22(19-6-3)20-17-15-12-10-8-5-2/h22H,1-2,4-14,16,18-21H2,3H3. The van der Waals surface area contributed by atoms with Crippen LogP contribution in [0.5, 0.6) is 0 Å². The van der Waals surface area contributed by atoms with Gasteiger partial charge in [0.05, 0.1) is 0 Å². The van der Waals surface area contributed by atoms with Crippen LogP contribution in [0.3, 0.4) is 0 Å². The lowest BCUT2D eigenvalue weighted by Gasteiger charge is -2.12. The summed E-state index contributed by atoms with van der Waals surface area (Å²) in [6.45, 7) is 10.1. The molecule has 0 aromatic rings. The van der Waals surface area contributed by atoms with Crippen molar-refractivity contribution in [3.63, 3.8) is 0 Å². The molecule has 0 bridgehead atoms. The molecule has 0 aliphatic rings. The van der Waals surface area contributed by atoms with Crippen molar-refractivity contribution in [2.75, 3.05) is 0 Å². The molecule has 0 aliphatic carbocycles. The molecule has 0 aromatic heterocycles.